The van der Waals surface area contributed by atoms with Crippen molar-refractivity contribution < 1.29 is 8.83 Å². The summed E-state index contributed by atoms with van der Waals surface area (Å²) in [6, 6.07) is 41.8. The lowest BCUT2D eigenvalue weighted by molar-refractivity contribution is 0.668. The van der Waals surface area contributed by atoms with Gasteiger partial charge in [-0.15, -0.1) is 0 Å². The standard InChI is InChI=1S/C47H29N3O2/c1-3-11-30-25-33(21-19-28(30)9-1)45-48-46(34-22-20-29-10-2-4-12-31(29)26-34)50-47(49-45)39-16-8-18-41-43(39)38-24-23-32(27-42(38)51-41)35-14-7-15-37-36-13-5-6-17-40(36)52-44(35)37/h1-25,27,31H,26H2. The van der Waals surface area contributed by atoms with E-state index < -0.39 is 0 Å². The van der Waals surface area contributed by atoms with E-state index >= 15 is 0 Å². The predicted octanol–water partition coefficient (Wildman–Crippen LogP) is 12.3. The van der Waals surface area contributed by atoms with E-state index in [-0.39, 0.29) is 0 Å². The SMILES string of the molecule is C1=CC2=CC=C(c3nc(-c4ccc5ccccc5c4)nc(-c4cccc5oc6cc(-c7cccc8c7oc7ccccc78)ccc6c45)n3)CC2C=C1. The summed E-state index contributed by atoms with van der Waals surface area (Å²) >= 11 is 0. The Morgan fingerprint density at radius 2 is 1.31 bits per heavy atom. The van der Waals surface area contributed by atoms with Gasteiger partial charge in [0.25, 0.3) is 0 Å². The van der Waals surface area contributed by atoms with Gasteiger partial charge in [-0.25, -0.2) is 15.0 Å². The topological polar surface area (TPSA) is 65.0 Å². The Morgan fingerprint density at radius 1 is 0.519 bits per heavy atom. The highest BCUT2D eigenvalue weighted by atomic mass is 16.3. The third kappa shape index (κ3) is 4.60. The van der Waals surface area contributed by atoms with E-state index in [1.165, 1.54) is 11.0 Å². The van der Waals surface area contributed by atoms with Gasteiger partial charge in [-0.1, -0.05) is 127 Å². The number of hydrogen-bond donors (Lipinski definition) is 0. The average Bonchev–Trinajstić information content (AvgIpc) is 3.78. The molecule has 1 unspecified atom stereocenters. The van der Waals surface area contributed by atoms with Gasteiger partial charge in [0.2, 0.25) is 0 Å². The Labute approximate surface area is 298 Å². The van der Waals surface area contributed by atoms with Crippen molar-refractivity contribution in [2.24, 2.45) is 5.92 Å². The van der Waals surface area contributed by atoms with Gasteiger partial charge in [-0.05, 0) is 64.2 Å². The molecule has 52 heavy (non-hydrogen) atoms. The minimum Gasteiger partial charge on any atom is -0.456 e. The number of benzene rings is 6. The van der Waals surface area contributed by atoms with Crippen LogP contribution in [0.25, 0.3) is 94.1 Å². The summed E-state index contributed by atoms with van der Waals surface area (Å²) in [6.07, 6.45) is 13.8. The first-order chi connectivity index (χ1) is 25.7. The molecule has 0 aliphatic heterocycles. The van der Waals surface area contributed by atoms with Gasteiger partial charge < -0.3 is 8.83 Å². The van der Waals surface area contributed by atoms with Crippen molar-refractivity contribution in [1.29, 1.82) is 0 Å². The molecule has 11 rings (SSSR count). The van der Waals surface area contributed by atoms with Crippen molar-refractivity contribution in [3.8, 4) is 33.9 Å². The van der Waals surface area contributed by atoms with Crippen LogP contribution in [0.5, 0.6) is 0 Å². The van der Waals surface area contributed by atoms with Crippen LogP contribution in [0.4, 0.5) is 0 Å². The number of para-hydroxylation sites is 2. The Balaban J connectivity index is 1.09. The first-order valence-electron chi connectivity index (χ1n) is 17.6. The molecule has 0 amide bonds. The van der Waals surface area contributed by atoms with E-state index in [4.69, 9.17) is 23.8 Å². The molecule has 6 aromatic carbocycles. The summed E-state index contributed by atoms with van der Waals surface area (Å²) < 4.78 is 13.0. The molecule has 0 saturated heterocycles. The number of furan rings is 2. The molecule has 2 aliphatic rings. The van der Waals surface area contributed by atoms with Crippen LogP contribution in [-0.2, 0) is 0 Å². The van der Waals surface area contributed by atoms with Crippen LogP contribution in [0, 0.1) is 5.92 Å². The molecule has 3 heterocycles. The second-order valence-electron chi connectivity index (χ2n) is 13.6. The van der Waals surface area contributed by atoms with E-state index in [2.05, 4.69) is 127 Å². The zero-order chi connectivity index (χ0) is 34.2. The molecule has 0 fully saturated rings. The lowest BCUT2D eigenvalue weighted by Crippen LogP contribution is -2.10. The van der Waals surface area contributed by atoms with Crippen LogP contribution in [0.15, 0.2) is 172 Å². The van der Waals surface area contributed by atoms with Gasteiger partial charge in [-0.2, -0.15) is 0 Å². The first-order valence-corrected chi connectivity index (χ1v) is 17.6. The average molecular weight is 668 g/mol. The van der Waals surface area contributed by atoms with E-state index in [1.807, 2.05) is 30.3 Å². The van der Waals surface area contributed by atoms with Gasteiger partial charge in [0.1, 0.15) is 22.3 Å². The molecule has 3 aromatic heterocycles. The van der Waals surface area contributed by atoms with Crippen LogP contribution < -0.4 is 0 Å². The molecule has 5 heteroatoms. The zero-order valence-electron chi connectivity index (χ0n) is 28.0. The van der Waals surface area contributed by atoms with Crippen molar-refractivity contribution in [3.63, 3.8) is 0 Å². The van der Waals surface area contributed by atoms with Gasteiger partial charge in [-0.3, -0.25) is 0 Å². The number of rotatable bonds is 4. The molecule has 5 nitrogen and oxygen atoms in total. The largest absolute Gasteiger partial charge is 0.456 e. The quantitative estimate of drug-likeness (QED) is 0.187. The first kappa shape index (κ1) is 28.9. The fourth-order valence-corrected chi connectivity index (χ4v) is 7.88. The summed E-state index contributed by atoms with van der Waals surface area (Å²) in [5.41, 5.74) is 9.64. The molecule has 0 bridgehead atoms. The van der Waals surface area contributed by atoms with Gasteiger partial charge in [0, 0.05) is 44.2 Å². The maximum Gasteiger partial charge on any atom is 0.164 e. The fourth-order valence-electron chi connectivity index (χ4n) is 7.88. The second kappa shape index (κ2) is 11.3. The van der Waals surface area contributed by atoms with Crippen LogP contribution in [-0.4, -0.2) is 15.0 Å². The summed E-state index contributed by atoms with van der Waals surface area (Å²) in [5.74, 6) is 2.26. The highest BCUT2D eigenvalue weighted by Gasteiger charge is 2.23. The number of allylic oxidation sites excluding steroid dienone is 8. The maximum absolute atomic E-state index is 6.58. The number of aromatic nitrogens is 3. The van der Waals surface area contributed by atoms with Crippen molar-refractivity contribution in [2.45, 2.75) is 6.42 Å². The molecule has 0 radical (unpaired) electrons. The van der Waals surface area contributed by atoms with Gasteiger partial charge >= 0.3 is 0 Å². The van der Waals surface area contributed by atoms with Gasteiger partial charge in [0.05, 0.1) is 0 Å². The number of nitrogens with zero attached hydrogens (tertiary/aromatic N) is 3. The predicted molar refractivity (Wildman–Crippen MR) is 211 cm³/mol. The highest BCUT2D eigenvalue weighted by Crippen LogP contribution is 2.41. The lowest BCUT2D eigenvalue weighted by Gasteiger charge is -2.22. The minimum atomic E-state index is 0.301. The summed E-state index contributed by atoms with van der Waals surface area (Å²) in [7, 11) is 0. The van der Waals surface area contributed by atoms with Gasteiger partial charge in [0.15, 0.2) is 17.5 Å². The molecular weight excluding hydrogens is 639 g/mol. The van der Waals surface area contributed by atoms with E-state index in [0.717, 1.165) is 83.5 Å². The van der Waals surface area contributed by atoms with E-state index in [0.29, 0.717) is 23.4 Å². The smallest absolute Gasteiger partial charge is 0.164 e. The maximum atomic E-state index is 6.58. The van der Waals surface area contributed by atoms with Crippen LogP contribution in [0.2, 0.25) is 0 Å². The number of hydrogen-bond acceptors (Lipinski definition) is 5. The molecule has 1 atom stereocenters. The van der Waals surface area contributed by atoms with Crippen molar-refractivity contribution in [3.05, 3.63) is 169 Å². The Bertz CT molecular complexity index is 3060. The van der Waals surface area contributed by atoms with Crippen molar-refractivity contribution >= 4 is 60.2 Å². The second-order valence-corrected chi connectivity index (χ2v) is 13.6. The summed E-state index contributed by atoms with van der Waals surface area (Å²) in [6.45, 7) is 0. The third-order valence-electron chi connectivity index (χ3n) is 10.5. The number of fused-ring (bicyclic) bond motifs is 8. The Morgan fingerprint density at radius 3 is 2.29 bits per heavy atom. The molecule has 9 aromatic rings. The van der Waals surface area contributed by atoms with E-state index in [1.54, 1.807) is 0 Å². The summed E-state index contributed by atoms with van der Waals surface area (Å²) in [4.78, 5) is 15.5. The van der Waals surface area contributed by atoms with E-state index in [9.17, 15) is 0 Å². The molecule has 0 spiro atoms. The molecule has 0 N–H and O–H groups in total. The zero-order valence-corrected chi connectivity index (χ0v) is 28.0. The Hall–Kier alpha value is -6.85. The third-order valence-corrected chi connectivity index (χ3v) is 10.5. The van der Waals surface area contributed by atoms with Crippen molar-refractivity contribution in [1.82, 2.24) is 15.0 Å². The minimum absolute atomic E-state index is 0.301. The molecule has 2 aliphatic carbocycles. The monoisotopic (exact) mass is 667 g/mol. The van der Waals surface area contributed by atoms with Crippen LogP contribution in [0.1, 0.15) is 12.2 Å². The lowest BCUT2D eigenvalue weighted by atomic mass is 9.84. The molecule has 244 valence electrons. The summed E-state index contributed by atoms with van der Waals surface area (Å²) in [5, 5.41) is 6.52. The Kier molecular flexibility index (Phi) is 6.31. The molecule has 0 saturated carbocycles. The fraction of sp³-hybridized carbons (Fsp3) is 0.0426. The van der Waals surface area contributed by atoms with Crippen LogP contribution >= 0.6 is 0 Å². The highest BCUT2D eigenvalue weighted by molar-refractivity contribution is 6.14. The normalized spacial score (nSPS) is 15.5. The molecular formula is C47H29N3O2. The van der Waals surface area contributed by atoms with Crippen LogP contribution in [0.3, 0.4) is 0 Å². The van der Waals surface area contributed by atoms with Crippen molar-refractivity contribution in [2.75, 3.05) is 0 Å².